The molecule has 39 heavy (non-hydrogen) atoms. The maximum atomic E-state index is 15.4. The molecule has 0 radical (unpaired) electrons. The lowest BCUT2D eigenvalue weighted by Crippen LogP contribution is -2.09. The number of nitro benzene ring substituents is 2. The van der Waals surface area contributed by atoms with E-state index in [4.69, 9.17) is 4.74 Å². The molecule has 4 rings (SSSR count). The quantitative estimate of drug-likeness (QED) is 0.105. The molecule has 0 aliphatic heterocycles. The number of ether oxygens (including phenoxy) is 1. The van der Waals surface area contributed by atoms with Crippen molar-refractivity contribution in [1.82, 2.24) is 0 Å². The van der Waals surface area contributed by atoms with Gasteiger partial charge in [0.2, 0.25) is 34.9 Å². The zero-order chi connectivity index (χ0) is 28.8. The summed E-state index contributed by atoms with van der Waals surface area (Å²) in [6, 6.07) is 10.2. The van der Waals surface area contributed by atoms with Gasteiger partial charge in [0.1, 0.15) is 0 Å². The molecular formula is C26H14F6N2O5. The van der Waals surface area contributed by atoms with Crippen molar-refractivity contribution in [3.63, 3.8) is 0 Å². The molecule has 0 unspecified atom stereocenters. The summed E-state index contributed by atoms with van der Waals surface area (Å²) in [5, 5.41) is 22.6. The summed E-state index contributed by atoms with van der Waals surface area (Å²) < 4.78 is 95.6. The highest BCUT2D eigenvalue weighted by Crippen LogP contribution is 2.48. The fourth-order valence-corrected chi connectivity index (χ4v) is 3.83. The average Bonchev–Trinajstić information content (AvgIpc) is 2.87. The van der Waals surface area contributed by atoms with Crippen LogP contribution < -0.4 is 4.74 Å². The van der Waals surface area contributed by atoms with Crippen molar-refractivity contribution in [1.29, 1.82) is 0 Å². The Morgan fingerprint density at radius 3 is 1.13 bits per heavy atom. The fourth-order valence-electron chi connectivity index (χ4n) is 3.83. The van der Waals surface area contributed by atoms with Crippen molar-refractivity contribution in [2.24, 2.45) is 0 Å². The van der Waals surface area contributed by atoms with Gasteiger partial charge in [-0.1, -0.05) is 59.7 Å². The van der Waals surface area contributed by atoms with E-state index in [1.807, 2.05) is 0 Å². The molecule has 0 saturated heterocycles. The maximum absolute atomic E-state index is 15.4. The largest absolute Gasteiger partial charge is 0.449 e. The van der Waals surface area contributed by atoms with Crippen LogP contribution in [0.25, 0.3) is 22.3 Å². The van der Waals surface area contributed by atoms with Crippen LogP contribution in [0.3, 0.4) is 0 Å². The van der Waals surface area contributed by atoms with E-state index in [2.05, 4.69) is 0 Å². The summed E-state index contributed by atoms with van der Waals surface area (Å²) in [6.07, 6.45) is 0. The molecule has 0 bridgehead atoms. The van der Waals surface area contributed by atoms with Gasteiger partial charge in [0.15, 0.2) is 11.5 Å². The third-order valence-corrected chi connectivity index (χ3v) is 5.76. The smallest absolute Gasteiger partial charge is 0.344 e. The van der Waals surface area contributed by atoms with Crippen molar-refractivity contribution in [3.8, 4) is 33.8 Å². The molecule has 4 aromatic carbocycles. The lowest BCUT2D eigenvalue weighted by atomic mass is 9.99. The lowest BCUT2D eigenvalue weighted by molar-refractivity contribution is -0.390. The molecule has 13 heteroatoms. The topological polar surface area (TPSA) is 95.5 Å². The summed E-state index contributed by atoms with van der Waals surface area (Å²) in [5.41, 5.74) is -5.27. The SMILES string of the molecule is Cc1ccc(-c2c(F)c([N+](=O)[O-])c(F)c(F)c2Oc2c(F)c(F)c([N+](=O)[O-])c(F)c2-c2ccc(C)cc2)cc1. The standard InChI is InChI=1S/C26H14F6N2O5/c1-11-3-7-13(8-4-11)15-17(27)23(33(35)36)19(29)21(31)25(15)39-26-16(14-9-5-12(2)6-10-14)18(28)24(34(37)38)20(30)22(26)32/h3-10H,1-2H3. The van der Waals surface area contributed by atoms with Gasteiger partial charge < -0.3 is 4.74 Å². The minimum atomic E-state index is -2.33. The first-order valence-corrected chi connectivity index (χ1v) is 10.9. The van der Waals surface area contributed by atoms with Crippen molar-refractivity contribution < 1.29 is 40.9 Å². The van der Waals surface area contributed by atoms with Crippen LogP contribution >= 0.6 is 0 Å². The normalized spacial score (nSPS) is 11.0. The van der Waals surface area contributed by atoms with Crippen molar-refractivity contribution in [2.75, 3.05) is 0 Å². The zero-order valence-electron chi connectivity index (χ0n) is 19.8. The number of nitro groups is 2. The second-order valence-corrected chi connectivity index (χ2v) is 8.34. The van der Waals surface area contributed by atoms with Gasteiger partial charge in [-0.25, -0.2) is 0 Å². The van der Waals surface area contributed by atoms with Gasteiger partial charge in [-0.3, -0.25) is 20.2 Å². The maximum Gasteiger partial charge on any atom is 0.344 e. The van der Waals surface area contributed by atoms with Crippen LogP contribution in [0.15, 0.2) is 48.5 Å². The molecule has 0 saturated carbocycles. The first kappa shape index (κ1) is 27.1. The summed E-state index contributed by atoms with van der Waals surface area (Å²) in [4.78, 5) is 19.6. The predicted octanol–water partition coefficient (Wildman–Crippen LogP) is 8.08. The Hall–Kier alpha value is -4.94. The Labute approximate surface area is 215 Å². The number of aryl methyl sites for hydroxylation is 2. The molecule has 7 nitrogen and oxygen atoms in total. The molecular weight excluding hydrogens is 534 g/mol. The van der Waals surface area contributed by atoms with Crippen molar-refractivity contribution >= 4 is 11.4 Å². The minimum absolute atomic E-state index is 0.296. The Balaban J connectivity index is 2.11. The molecule has 0 aliphatic rings. The molecule has 0 aliphatic carbocycles. The van der Waals surface area contributed by atoms with E-state index in [0.717, 1.165) is 24.3 Å². The monoisotopic (exact) mass is 548 g/mol. The molecule has 4 aromatic rings. The zero-order valence-corrected chi connectivity index (χ0v) is 19.8. The van der Waals surface area contributed by atoms with Gasteiger partial charge in [0.05, 0.1) is 21.0 Å². The highest BCUT2D eigenvalue weighted by Gasteiger charge is 2.38. The van der Waals surface area contributed by atoms with E-state index in [0.29, 0.717) is 11.1 Å². The Bertz CT molecular complexity index is 1540. The van der Waals surface area contributed by atoms with Crippen LogP contribution in [-0.2, 0) is 0 Å². The highest BCUT2D eigenvalue weighted by molar-refractivity contribution is 5.79. The van der Waals surface area contributed by atoms with E-state index in [9.17, 15) is 29.0 Å². The van der Waals surface area contributed by atoms with Crippen LogP contribution in [0.5, 0.6) is 11.5 Å². The second-order valence-electron chi connectivity index (χ2n) is 8.34. The van der Waals surface area contributed by atoms with E-state index < -0.39 is 78.8 Å². The molecule has 0 spiro atoms. The predicted molar refractivity (Wildman–Crippen MR) is 126 cm³/mol. The van der Waals surface area contributed by atoms with Gasteiger partial charge in [-0.2, -0.15) is 26.3 Å². The summed E-state index contributed by atoms with van der Waals surface area (Å²) in [6.45, 7) is 3.24. The summed E-state index contributed by atoms with van der Waals surface area (Å²) in [7, 11) is 0. The number of hydrogen-bond acceptors (Lipinski definition) is 5. The molecule has 200 valence electrons. The van der Waals surface area contributed by atoms with Crippen LogP contribution in [0, 0.1) is 69.0 Å². The van der Waals surface area contributed by atoms with E-state index in [-0.39, 0.29) is 11.1 Å². The highest BCUT2D eigenvalue weighted by atomic mass is 19.2. The number of nitrogens with zero attached hydrogens (tertiary/aromatic N) is 2. The second kappa shape index (κ2) is 10.1. The van der Waals surface area contributed by atoms with Crippen LogP contribution in [-0.4, -0.2) is 9.85 Å². The van der Waals surface area contributed by atoms with E-state index in [1.165, 1.54) is 24.3 Å². The molecule has 0 heterocycles. The van der Waals surface area contributed by atoms with Gasteiger partial charge in [-0.15, -0.1) is 0 Å². The Morgan fingerprint density at radius 1 is 0.538 bits per heavy atom. The molecule has 0 atom stereocenters. The summed E-state index contributed by atoms with van der Waals surface area (Å²) in [5.74, 6) is -15.8. The Morgan fingerprint density at radius 2 is 0.846 bits per heavy atom. The number of halogens is 6. The number of rotatable bonds is 6. The molecule has 0 fully saturated rings. The van der Waals surface area contributed by atoms with Gasteiger partial charge in [-0.05, 0) is 25.0 Å². The van der Waals surface area contributed by atoms with Gasteiger partial charge in [0.25, 0.3) is 0 Å². The molecule has 0 aromatic heterocycles. The number of hydrogen-bond donors (Lipinski definition) is 0. The van der Waals surface area contributed by atoms with Crippen LogP contribution in [0.1, 0.15) is 11.1 Å². The number of benzene rings is 4. The Kier molecular flexibility index (Phi) is 7.01. The average molecular weight is 548 g/mol. The van der Waals surface area contributed by atoms with E-state index >= 15 is 17.6 Å². The first-order chi connectivity index (χ1) is 18.3. The summed E-state index contributed by atoms with van der Waals surface area (Å²) >= 11 is 0. The third-order valence-electron chi connectivity index (χ3n) is 5.76. The van der Waals surface area contributed by atoms with Crippen LogP contribution in [0.4, 0.5) is 37.7 Å². The fraction of sp³-hybridized carbons (Fsp3) is 0.0769. The van der Waals surface area contributed by atoms with Gasteiger partial charge >= 0.3 is 11.4 Å². The van der Waals surface area contributed by atoms with Crippen LogP contribution in [0.2, 0.25) is 0 Å². The van der Waals surface area contributed by atoms with Crippen molar-refractivity contribution in [2.45, 2.75) is 13.8 Å². The van der Waals surface area contributed by atoms with Crippen molar-refractivity contribution in [3.05, 3.63) is 115 Å². The minimum Gasteiger partial charge on any atom is -0.449 e. The molecule has 0 N–H and O–H groups in total. The third kappa shape index (κ3) is 4.62. The van der Waals surface area contributed by atoms with Gasteiger partial charge in [0, 0.05) is 0 Å². The molecule has 0 amide bonds. The van der Waals surface area contributed by atoms with E-state index in [1.54, 1.807) is 13.8 Å². The lowest BCUT2D eigenvalue weighted by Gasteiger charge is -2.18. The first-order valence-electron chi connectivity index (χ1n) is 10.9.